The number of benzene rings is 1. The Labute approximate surface area is 189 Å². The highest BCUT2D eigenvalue weighted by molar-refractivity contribution is 5.81. The first kappa shape index (κ1) is 22.5. The molecule has 32 heavy (non-hydrogen) atoms. The van der Waals surface area contributed by atoms with Crippen LogP contribution in [-0.4, -0.2) is 71.8 Å². The molecule has 3 heterocycles. The van der Waals surface area contributed by atoms with E-state index in [0.717, 1.165) is 25.9 Å². The summed E-state index contributed by atoms with van der Waals surface area (Å²) < 4.78 is 19.7. The number of rotatable bonds is 6. The topological polar surface area (TPSA) is 57.0 Å². The van der Waals surface area contributed by atoms with Gasteiger partial charge >= 0.3 is 0 Å². The summed E-state index contributed by atoms with van der Waals surface area (Å²) in [4.78, 5) is 31.5. The van der Waals surface area contributed by atoms with Crippen molar-refractivity contribution in [3.63, 3.8) is 0 Å². The Morgan fingerprint density at radius 3 is 2.38 bits per heavy atom. The van der Waals surface area contributed by atoms with E-state index in [-0.39, 0.29) is 23.7 Å². The Kier molecular flexibility index (Phi) is 7.25. The molecule has 1 aromatic heterocycles. The third-order valence-electron chi connectivity index (χ3n) is 6.63. The second kappa shape index (κ2) is 10.3. The summed E-state index contributed by atoms with van der Waals surface area (Å²) >= 11 is 0. The molecule has 1 atom stereocenters. The zero-order valence-corrected chi connectivity index (χ0v) is 18.8. The third-order valence-corrected chi connectivity index (χ3v) is 6.63. The number of hydrogen-bond acceptors (Lipinski definition) is 4. The zero-order valence-electron chi connectivity index (χ0n) is 18.8. The second-order valence-corrected chi connectivity index (χ2v) is 8.72. The second-order valence-electron chi connectivity index (χ2n) is 8.72. The maximum Gasteiger partial charge on any atom is 0.239 e. The maximum atomic E-state index is 13.9. The van der Waals surface area contributed by atoms with Gasteiger partial charge < -0.3 is 14.2 Å². The van der Waals surface area contributed by atoms with Gasteiger partial charge in [0.1, 0.15) is 17.3 Å². The number of likely N-dealkylation sites (tertiary alicyclic amines) is 1. The van der Waals surface area contributed by atoms with Crippen molar-refractivity contribution in [2.45, 2.75) is 45.1 Å². The Morgan fingerprint density at radius 2 is 1.66 bits per heavy atom. The van der Waals surface area contributed by atoms with Crippen molar-refractivity contribution < 1.29 is 18.4 Å². The molecule has 2 aliphatic heterocycles. The van der Waals surface area contributed by atoms with Crippen molar-refractivity contribution in [2.75, 3.05) is 39.3 Å². The predicted molar refractivity (Wildman–Crippen MR) is 120 cm³/mol. The summed E-state index contributed by atoms with van der Waals surface area (Å²) in [5.41, 5.74) is 0.425. The molecule has 0 aliphatic carbocycles. The number of nitrogens with zero attached hydrogens (tertiary/aromatic N) is 3. The van der Waals surface area contributed by atoms with Crippen molar-refractivity contribution in [3.05, 3.63) is 48.0 Å². The van der Waals surface area contributed by atoms with Crippen LogP contribution in [0.15, 0.2) is 40.8 Å². The Hall–Kier alpha value is -2.67. The minimum absolute atomic E-state index is 0.0866. The molecule has 0 N–H and O–H groups in total. The molecule has 172 valence electrons. The fraction of sp³-hybridized carbons (Fsp3) is 0.520. The number of carbonyl (C=O) groups excluding carboxylic acids is 2. The molecule has 0 radical (unpaired) electrons. The average molecular weight is 442 g/mol. The van der Waals surface area contributed by atoms with Gasteiger partial charge in [0.2, 0.25) is 11.8 Å². The minimum Gasteiger partial charge on any atom is -0.461 e. The van der Waals surface area contributed by atoms with Gasteiger partial charge in [-0.25, -0.2) is 4.39 Å². The molecule has 2 aromatic rings. The minimum atomic E-state index is -0.324. The lowest BCUT2D eigenvalue weighted by molar-refractivity contribution is -0.139. The van der Waals surface area contributed by atoms with Crippen molar-refractivity contribution >= 4 is 11.8 Å². The Balaban J connectivity index is 1.24. The van der Waals surface area contributed by atoms with Crippen LogP contribution in [-0.2, 0) is 16.0 Å². The largest absolute Gasteiger partial charge is 0.461 e. The van der Waals surface area contributed by atoms with E-state index in [2.05, 4.69) is 4.90 Å². The van der Waals surface area contributed by atoms with Crippen molar-refractivity contribution in [2.24, 2.45) is 0 Å². The van der Waals surface area contributed by atoms with Crippen LogP contribution >= 0.6 is 0 Å². The van der Waals surface area contributed by atoms with Gasteiger partial charge in [0, 0.05) is 52.1 Å². The zero-order chi connectivity index (χ0) is 22.5. The maximum absolute atomic E-state index is 13.9. The van der Waals surface area contributed by atoms with Gasteiger partial charge in [0.15, 0.2) is 0 Å². The summed E-state index contributed by atoms with van der Waals surface area (Å²) in [6.07, 6.45) is 4.24. The first-order chi connectivity index (χ1) is 15.5. The highest BCUT2D eigenvalue weighted by atomic mass is 19.1. The van der Waals surface area contributed by atoms with E-state index < -0.39 is 0 Å². The van der Waals surface area contributed by atoms with Crippen molar-refractivity contribution in [1.82, 2.24) is 14.7 Å². The predicted octanol–water partition coefficient (Wildman–Crippen LogP) is 3.56. The van der Waals surface area contributed by atoms with Gasteiger partial charge in [-0.2, -0.15) is 0 Å². The van der Waals surface area contributed by atoms with E-state index in [0.29, 0.717) is 56.1 Å². The van der Waals surface area contributed by atoms with E-state index >= 15 is 0 Å². The summed E-state index contributed by atoms with van der Waals surface area (Å²) in [7, 11) is 0. The van der Waals surface area contributed by atoms with E-state index in [9.17, 15) is 14.0 Å². The van der Waals surface area contributed by atoms with E-state index in [4.69, 9.17) is 4.42 Å². The molecule has 0 bridgehead atoms. The fourth-order valence-electron chi connectivity index (χ4n) is 4.60. The van der Waals surface area contributed by atoms with E-state index in [1.54, 1.807) is 30.3 Å². The van der Waals surface area contributed by atoms with Gasteiger partial charge in [-0.15, -0.1) is 0 Å². The molecule has 1 aromatic carbocycles. The van der Waals surface area contributed by atoms with Gasteiger partial charge in [0.25, 0.3) is 0 Å². The molecule has 6 nitrogen and oxygen atoms in total. The molecule has 2 amide bonds. The molecule has 2 saturated heterocycles. The van der Waals surface area contributed by atoms with E-state index in [1.807, 2.05) is 16.7 Å². The first-order valence-corrected chi connectivity index (χ1v) is 11.7. The molecular formula is C25H32FN3O3. The molecule has 0 spiro atoms. The lowest BCUT2D eigenvalue weighted by Crippen LogP contribution is -2.56. The van der Waals surface area contributed by atoms with Gasteiger partial charge in [0.05, 0.1) is 11.6 Å². The van der Waals surface area contributed by atoms with Crippen LogP contribution in [0.4, 0.5) is 4.39 Å². The lowest BCUT2D eigenvalue weighted by atomic mass is 10.1. The summed E-state index contributed by atoms with van der Waals surface area (Å²) in [5.74, 6) is 1.13. The molecule has 2 fully saturated rings. The van der Waals surface area contributed by atoms with Crippen LogP contribution < -0.4 is 0 Å². The lowest BCUT2D eigenvalue weighted by Gasteiger charge is -2.39. The summed E-state index contributed by atoms with van der Waals surface area (Å²) in [5, 5.41) is 0. The number of carbonyl (C=O) groups is 2. The number of halogens is 1. The Morgan fingerprint density at radius 1 is 0.938 bits per heavy atom. The Bertz CT molecular complexity index is 930. The van der Waals surface area contributed by atoms with E-state index in [1.165, 1.54) is 12.5 Å². The van der Waals surface area contributed by atoms with Crippen molar-refractivity contribution in [3.8, 4) is 11.3 Å². The highest BCUT2D eigenvalue weighted by Gasteiger charge is 2.30. The number of furan rings is 1. The standard InChI is InChI=1S/C25H32FN3O3/c1-19(25(31)29-13-5-2-6-14-29)27-15-17-28(18-16-27)24(30)12-10-20-9-11-23(32-20)21-7-3-4-8-22(21)26/h3-4,7-9,11,19H,2,5-6,10,12-18H2,1H3. The van der Waals surface area contributed by atoms with Crippen LogP contribution in [0.1, 0.15) is 38.4 Å². The van der Waals surface area contributed by atoms with Crippen molar-refractivity contribution in [1.29, 1.82) is 0 Å². The number of piperazine rings is 1. The SMILES string of the molecule is CC(C(=O)N1CCCCC1)N1CCN(C(=O)CCc2ccc(-c3ccccc3F)o2)CC1. The van der Waals surface area contributed by atoms with Crippen LogP contribution in [0.5, 0.6) is 0 Å². The average Bonchev–Trinajstić information content (AvgIpc) is 3.31. The summed E-state index contributed by atoms with van der Waals surface area (Å²) in [6, 6.07) is 9.92. The van der Waals surface area contributed by atoms with Crippen LogP contribution in [0.2, 0.25) is 0 Å². The monoisotopic (exact) mass is 441 g/mol. The summed E-state index contributed by atoms with van der Waals surface area (Å²) in [6.45, 7) is 6.41. The number of aryl methyl sites for hydroxylation is 1. The quantitative estimate of drug-likeness (QED) is 0.688. The first-order valence-electron chi connectivity index (χ1n) is 11.7. The molecule has 7 heteroatoms. The van der Waals surface area contributed by atoms with Crippen LogP contribution in [0, 0.1) is 5.82 Å². The number of hydrogen-bond donors (Lipinski definition) is 0. The van der Waals surface area contributed by atoms with Gasteiger partial charge in [-0.1, -0.05) is 12.1 Å². The fourth-order valence-corrected chi connectivity index (χ4v) is 4.60. The molecule has 2 aliphatic rings. The molecule has 1 unspecified atom stereocenters. The van der Waals surface area contributed by atoms with Crippen LogP contribution in [0.3, 0.4) is 0 Å². The highest BCUT2D eigenvalue weighted by Crippen LogP contribution is 2.25. The molecular weight excluding hydrogens is 409 g/mol. The third kappa shape index (κ3) is 5.21. The molecule has 0 saturated carbocycles. The number of amides is 2. The van der Waals surface area contributed by atoms with Crippen LogP contribution in [0.25, 0.3) is 11.3 Å². The normalized spacial score (nSPS) is 18.6. The molecule has 4 rings (SSSR count). The smallest absolute Gasteiger partial charge is 0.239 e. The number of piperidine rings is 1. The van der Waals surface area contributed by atoms with Gasteiger partial charge in [-0.3, -0.25) is 14.5 Å². The van der Waals surface area contributed by atoms with Gasteiger partial charge in [-0.05, 0) is 50.5 Å².